The molecule has 5 aliphatic heterocycles. The van der Waals surface area contributed by atoms with Crippen LogP contribution >= 0.6 is 173 Å². The Morgan fingerprint density at radius 2 is 0.727 bits per heavy atom. The molecule has 0 bridgehead atoms. The highest BCUT2D eigenvalue weighted by Crippen LogP contribution is 2.60. The Morgan fingerprint density at radius 3 is 1.04 bits per heavy atom. The fourth-order valence-electron chi connectivity index (χ4n) is 16.3. The van der Waals surface area contributed by atoms with E-state index in [2.05, 4.69) is 123 Å². The number of aryl methyl sites for hydroxylation is 1. The minimum absolute atomic E-state index is 0.0694. The Morgan fingerprint density at radius 1 is 0.403 bits per heavy atom. The number of nitrogens with one attached hydrogen (secondary N) is 5. The lowest BCUT2D eigenvalue weighted by molar-refractivity contribution is 0.00376. The predicted octanol–water partition coefficient (Wildman–Crippen LogP) is 25.8. The number of aromatic nitrogens is 13. The molecule has 5 fully saturated rings. The van der Waals surface area contributed by atoms with Gasteiger partial charge in [-0.15, -0.1) is 56.7 Å². The summed E-state index contributed by atoms with van der Waals surface area (Å²) in [5.41, 5.74) is 11.9. The summed E-state index contributed by atoms with van der Waals surface area (Å²) in [5.74, 6) is 2.39. The second kappa shape index (κ2) is 46.4. The summed E-state index contributed by atoms with van der Waals surface area (Å²) in [5, 5.41) is 56.0. The number of aliphatic hydroxyl groups is 2. The fourth-order valence-corrected chi connectivity index (χ4v) is 25.3. The number of nitrogens with zero attached hydrogens (tertiary/aromatic N) is 18. The van der Waals surface area contributed by atoms with Gasteiger partial charge in [-0.05, 0) is 115 Å². The first-order valence-corrected chi connectivity index (χ1v) is 50.4. The number of thiophene rings is 5. The zero-order chi connectivity index (χ0) is 97.8. The van der Waals surface area contributed by atoms with Crippen molar-refractivity contribution in [2.45, 2.75) is 51.2 Å². The molecule has 20 rings (SSSR count). The van der Waals surface area contributed by atoms with E-state index in [4.69, 9.17) is 173 Å². The van der Waals surface area contributed by atoms with E-state index in [1.807, 2.05) is 24.0 Å². The smallest absolute Gasteiger partial charge is 0.229 e. The summed E-state index contributed by atoms with van der Waals surface area (Å²) in [6.45, 7) is 53.6. The third kappa shape index (κ3) is 22.2. The number of rotatable bonds is 18. The van der Waals surface area contributed by atoms with Gasteiger partial charge < -0.3 is 63.4 Å². The second-order valence-corrected chi connectivity index (χ2v) is 40.6. The molecular formula is C93H78Cl10FN23O7S5. The van der Waals surface area contributed by atoms with E-state index in [1.54, 1.807) is 109 Å². The lowest BCUT2D eigenvalue weighted by Gasteiger charge is -2.40. The summed E-state index contributed by atoms with van der Waals surface area (Å²) in [6, 6.07) is 26.6. The van der Waals surface area contributed by atoms with E-state index < -0.39 is 12.8 Å². The molecule has 0 saturated carbocycles. The zero-order valence-corrected chi connectivity index (χ0v) is 85.1. The van der Waals surface area contributed by atoms with Crippen LogP contribution in [0.1, 0.15) is 19.4 Å². The van der Waals surface area contributed by atoms with E-state index in [0.717, 1.165) is 96.0 Å². The maximum Gasteiger partial charge on any atom is 0.229 e. The molecule has 10 aromatic heterocycles. The molecule has 0 amide bonds. The molecule has 7 N–H and O–H groups in total. The molecule has 0 aliphatic carbocycles. The molecule has 5 aliphatic rings. The number of alkyl halides is 1. The number of hydrogen-bond donors (Lipinski definition) is 7. The Balaban J connectivity index is 0.000000125. The van der Waals surface area contributed by atoms with Gasteiger partial charge in [0.05, 0.1) is 166 Å². The van der Waals surface area contributed by atoms with Crippen molar-refractivity contribution >= 4 is 226 Å². The van der Waals surface area contributed by atoms with Crippen LogP contribution in [-0.4, -0.2) is 225 Å². The number of imidazole rings is 1. The molecule has 30 nitrogen and oxygen atoms in total. The van der Waals surface area contributed by atoms with Crippen LogP contribution in [0.5, 0.6) is 0 Å². The Labute approximate surface area is 867 Å². The van der Waals surface area contributed by atoms with E-state index >= 15 is 0 Å². The number of hydrogen-bond acceptors (Lipinski definition) is 25. The number of aliphatic hydroxyl groups excluding tert-OH is 2. The first-order valence-electron chi connectivity index (χ1n) is 42.6. The molecule has 139 heavy (non-hydrogen) atoms. The normalized spacial score (nSPS) is 17.0. The van der Waals surface area contributed by atoms with Crippen LogP contribution in [0.25, 0.3) is 133 Å². The van der Waals surface area contributed by atoms with E-state index in [0.29, 0.717) is 221 Å². The van der Waals surface area contributed by atoms with Crippen molar-refractivity contribution in [2.24, 2.45) is 0 Å². The topological polar surface area (TPSA) is 307 Å². The summed E-state index contributed by atoms with van der Waals surface area (Å²) < 4.78 is 40.8. The summed E-state index contributed by atoms with van der Waals surface area (Å²) in [4.78, 5) is 54.4. The third-order valence-corrected chi connectivity index (χ3v) is 31.5. The van der Waals surface area contributed by atoms with Crippen LogP contribution in [0.2, 0.25) is 50.2 Å². The second-order valence-electron chi connectivity index (χ2n) is 31.4. The van der Waals surface area contributed by atoms with Crippen molar-refractivity contribution in [3.05, 3.63) is 241 Å². The average molecular weight is 2160 g/mol. The predicted molar refractivity (Wildman–Crippen MR) is 557 cm³/mol. The minimum Gasteiger partial charge on any atom is -0.394 e. The Kier molecular flexibility index (Phi) is 33.9. The van der Waals surface area contributed by atoms with Gasteiger partial charge >= 0.3 is 0 Å². The Hall–Kier alpha value is -10.6. The highest BCUT2D eigenvalue weighted by atomic mass is 35.5. The highest BCUT2D eigenvalue weighted by Gasteiger charge is 2.38. The van der Waals surface area contributed by atoms with Crippen LogP contribution in [0.15, 0.2) is 129 Å². The van der Waals surface area contributed by atoms with Gasteiger partial charge in [-0.1, -0.05) is 146 Å². The van der Waals surface area contributed by atoms with Crippen LogP contribution in [0.3, 0.4) is 0 Å². The molecule has 5 aromatic carbocycles. The molecule has 0 spiro atoms. The molecule has 5 atom stereocenters. The number of H-pyrrole nitrogens is 5. The highest BCUT2D eigenvalue weighted by molar-refractivity contribution is 7.22. The van der Waals surface area contributed by atoms with Crippen LogP contribution < -0.4 is 24.5 Å². The quantitative estimate of drug-likeness (QED) is 0.0393. The SMILES string of the molecule is [C-]#[N+]c1c(N2CCOC(CF)C2)sc(-c2ncc[nH]2)c1-c1ccc(Cl)cc1Cl.[C-]#[N+]c1c(N2CCOC(CO)C2)sc(-c2ncn[nH]2)c1-c1ccc(Cl)cc1Cl.[C-]#[N+]c1c(N2CCOCC2)sc(-c2[nH]ncc2C)c1-c1ccc(Cl)cc1Cl.[C-]#[N+]c1c(N2CCO[C@H](CO)C2)sc(-c2ncn[nH]2)c1-c1ccc(Cl)cc1Cl.[C-]#[N+]c1c(N2[C@H](C)COC[C@@H]2C)sc(-c2ncn[nH]2)c1-c1ccc(Cl)cc1Cl. The van der Waals surface area contributed by atoms with Crippen LogP contribution in [0, 0.1) is 39.8 Å². The molecule has 15 aromatic rings. The maximum absolute atomic E-state index is 13.2. The minimum atomic E-state index is -0.559. The monoisotopic (exact) mass is 2160 g/mol. The molecule has 15 heterocycles. The van der Waals surface area contributed by atoms with Gasteiger partial charge in [-0.2, -0.15) is 20.4 Å². The van der Waals surface area contributed by atoms with Crippen molar-refractivity contribution < 1.29 is 38.3 Å². The Bertz CT molecular complexity index is 6700. The van der Waals surface area contributed by atoms with Gasteiger partial charge in [0, 0.05) is 155 Å². The van der Waals surface area contributed by atoms with Gasteiger partial charge in [0.15, 0.2) is 17.5 Å². The number of ether oxygens (including phenoxy) is 5. The van der Waals surface area contributed by atoms with Crippen LogP contribution in [0.4, 0.5) is 57.8 Å². The summed E-state index contributed by atoms with van der Waals surface area (Å²) >= 11 is 70.3. The van der Waals surface area contributed by atoms with Crippen LogP contribution in [-0.2, 0) is 23.7 Å². The van der Waals surface area contributed by atoms with Crippen molar-refractivity contribution in [3.63, 3.8) is 0 Å². The number of halogens is 11. The van der Waals surface area contributed by atoms with Gasteiger partial charge in [-0.25, -0.2) is 48.6 Å². The van der Waals surface area contributed by atoms with E-state index in [-0.39, 0.29) is 37.5 Å². The summed E-state index contributed by atoms with van der Waals surface area (Å²) in [6.07, 6.45) is 8.42. The number of morpholine rings is 5. The van der Waals surface area contributed by atoms with E-state index in [1.165, 1.54) is 64.3 Å². The maximum atomic E-state index is 13.2. The number of anilines is 5. The van der Waals surface area contributed by atoms with Crippen molar-refractivity contribution in [2.75, 3.05) is 143 Å². The number of aromatic amines is 5. The molecular weight excluding hydrogens is 2090 g/mol. The van der Waals surface area contributed by atoms with Gasteiger partial charge in [0.25, 0.3) is 0 Å². The lowest BCUT2D eigenvalue weighted by Crippen LogP contribution is -2.49. The molecule has 5 saturated heterocycles. The standard InChI is InChI=1S/C19H15Cl2FN4OS.C19H17Cl2N5OS.C19H16Cl2N4OS.2C18H15Cl2N5O2S/c1-23-16-15(13-3-2-11(20)8-14(13)21)17(18-24-4-5-25-18)28-19(16)26-6-7-27-12(9-22)10-26;1-10-7-27-8-11(2)26(10)19-16(22-3)15(13-5-4-12(20)6-14(13)21)17(28-19)18-23-9-24-25-18;1-11-10-23-24-16(11)18-15(13-4-3-12(20)9-14(13)21)17(22-2)19(27-18)25-5-7-26-8-6-25;2*1-21-15-14(12-3-2-10(19)6-13(12)20)16(17-22-9-23-24-17)28-18(15)25-4-5-27-11(7-25)8-26/h2-5,8,12H,6-7,9-10H2,(H,24,25);4-6,9-11H,7-8H2,1-2H3,(H,23,24,25);3-4,9-10H,5-8H2,1H3,(H,23,24);2*2-3,6,9,11,26H,4-5,7-8H2,(H,22,23,24)/t;10-,11+;;11-;/m...0./s1. The summed E-state index contributed by atoms with van der Waals surface area (Å²) in [7, 11) is 0. The van der Waals surface area contributed by atoms with Gasteiger partial charge in [0.1, 0.15) is 37.6 Å². The molecule has 46 heteroatoms. The third-order valence-electron chi connectivity index (χ3n) is 22.6. The van der Waals surface area contributed by atoms with Crippen molar-refractivity contribution in [1.82, 2.24) is 65.7 Å². The molecule has 0 radical (unpaired) electrons. The molecule has 714 valence electrons. The number of benzene rings is 5. The largest absolute Gasteiger partial charge is 0.394 e. The van der Waals surface area contributed by atoms with Gasteiger partial charge in [0.2, 0.25) is 28.4 Å². The first-order chi connectivity index (χ1) is 67.5. The van der Waals surface area contributed by atoms with Crippen molar-refractivity contribution in [3.8, 4) is 109 Å². The first kappa shape index (κ1) is 101. The average Bonchev–Trinajstić information content (AvgIpc) is 1.62. The van der Waals surface area contributed by atoms with Gasteiger partial charge in [-0.3, -0.25) is 20.4 Å². The zero-order valence-electron chi connectivity index (χ0n) is 73.4. The molecule has 2 unspecified atom stereocenters. The fraction of sp³-hybridized carbons (Fsp3) is 0.280. The van der Waals surface area contributed by atoms with Crippen molar-refractivity contribution in [1.29, 1.82) is 0 Å². The lowest BCUT2D eigenvalue weighted by atomic mass is 10.0. The van der Waals surface area contributed by atoms with E-state index in [9.17, 15) is 14.6 Å².